The first kappa shape index (κ1) is 17.4. The number of amides is 1. The maximum atomic E-state index is 11.1. The summed E-state index contributed by atoms with van der Waals surface area (Å²) in [5.41, 5.74) is 7.70. The number of carbonyl (C=O) groups excluding carboxylic acids is 1. The summed E-state index contributed by atoms with van der Waals surface area (Å²) in [6, 6.07) is 8.15. The fraction of sp³-hybridized carbons (Fsp3) is 0.368. The first-order valence-corrected chi connectivity index (χ1v) is 9.20. The van der Waals surface area contributed by atoms with Gasteiger partial charge in [0.05, 0.1) is 16.8 Å². The zero-order valence-electron chi connectivity index (χ0n) is 15.1. The van der Waals surface area contributed by atoms with Gasteiger partial charge < -0.3 is 16.0 Å². The Morgan fingerprint density at radius 2 is 1.96 bits per heavy atom. The number of hydrogen-bond acceptors (Lipinski definition) is 6. The van der Waals surface area contributed by atoms with Crippen LogP contribution < -0.4 is 16.0 Å². The van der Waals surface area contributed by atoms with E-state index in [4.69, 9.17) is 5.73 Å². The van der Waals surface area contributed by atoms with E-state index in [-0.39, 0.29) is 0 Å². The van der Waals surface area contributed by atoms with E-state index < -0.39 is 5.91 Å². The van der Waals surface area contributed by atoms with Crippen LogP contribution in [-0.4, -0.2) is 45.7 Å². The fourth-order valence-corrected chi connectivity index (χ4v) is 3.50. The number of para-hydroxylation sites is 1. The summed E-state index contributed by atoms with van der Waals surface area (Å²) in [5.74, 6) is 0.784. The molecule has 140 valence electrons. The van der Waals surface area contributed by atoms with Gasteiger partial charge in [-0.25, -0.2) is 9.97 Å². The van der Waals surface area contributed by atoms with Gasteiger partial charge in [0.25, 0.3) is 5.91 Å². The van der Waals surface area contributed by atoms with E-state index in [0.717, 1.165) is 50.2 Å². The number of nitrogens with one attached hydrogen (secondary N) is 2. The zero-order chi connectivity index (χ0) is 18.6. The summed E-state index contributed by atoms with van der Waals surface area (Å²) in [6.07, 6.45) is 5.15. The predicted molar refractivity (Wildman–Crippen MR) is 103 cm³/mol. The molecule has 0 atom stereocenters. The second-order valence-corrected chi connectivity index (χ2v) is 6.92. The Hall–Kier alpha value is -3.00. The van der Waals surface area contributed by atoms with Crippen molar-refractivity contribution in [1.29, 1.82) is 0 Å². The third kappa shape index (κ3) is 3.90. The number of aromatic amines is 1. The summed E-state index contributed by atoms with van der Waals surface area (Å²) < 4.78 is 0. The monoisotopic (exact) mass is 365 g/mol. The highest BCUT2D eigenvalue weighted by Crippen LogP contribution is 2.20. The van der Waals surface area contributed by atoms with E-state index in [2.05, 4.69) is 36.4 Å². The lowest BCUT2D eigenvalue weighted by atomic mass is 9.97. The molecular weight excluding hydrogens is 342 g/mol. The van der Waals surface area contributed by atoms with Gasteiger partial charge in [-0.15, -0.1) is 0 Å². The van der Waals surface area contributed by atoms with Crippen molar-refractivity contribution in [2.24, 2.45) is 11.7 Å². The molecule has 0 spiro atoms. The van der Waals surface area contributed by atoms with E-state index in [1.807, 2.05) is 18.2 Å². The normalized spacial score (nSPS) is 15.3. The molecule has 3 heterocycles. The van der Waals surface area contributed by atoms with Crippen LogP contribution in [0.5, 0.6) is 0 Å². The van der Waals surface area contributed by atoms with Crippen LogP contribution >= 0.6 is 0 Å². The van der Waals surface area contributed by atoms with E-state index in [9.17, 15) is 4.79 Å². The number of nitrogens with two attached hydrogens (primary N) is 1. The number of fused-ring (bicyclic) bond motifs is 1. The lowest BCUT2D eigenvalue weighted by molar-refractivity contribution is 0.0999. The summed E-state index contributed by atoms with van der Waals surface area (Å²) in [7, 11) is 0. The fourth-order valence-electron chi connectivity index (χ4n) is 3.50. The number of primary amides is 1. The largest absolute Gasteiger partial charge is 0.366 e. The van der Waals surface area contributed by atoms with Crippen molar-refractivity contribution in [2.45, 2.75) is 19.4 Å². The van der Waals surface area contributed by atoms with Gasteiger partial charge in [-0.05, 0) is 31.4 Å². The van der Waals surface area contributed by atoms with Crippen molar-refractivity contribution in [3.8, 4) is 0 Å². The minimum Gasteiger partial charge on any atom is -0.366 e. The van der Waals surface area contributed by atoms with Gasteiger partial charge >= 0.3 is 0 Å². The minimum atomic E-state index is -0.503. The maximum Gasteiger partial charge on any atom is 0.251 e. The number of benzene rings is 1. The number of piperidine rings is 1. The number of H-pyrrole nitrogens is 1. The number of anilines is 1. The Morgan fingerprint density at radius 3 is 2.70 bits per heavy atom. The molecule has 0 aliphatic carbocycles. The average Bonchev–Trinajstić information content (AvgIpc) is 3.12. The second kappa shape index (κ2) is 7.71. The number of hydrogen-bond donors (Lipinski definition) is 3. The maximum absolute atomic E-state index is 11.1. The second-order valence-electron chi connectivity index (χ2n) is 6.92. The molecule has 4 N–H and O–H groups in total. The highest BCUT2D eigenvalue weighted by Gasteiger charge is 2.21. The van der Waals surface area contributed by atoms with Crippen LogP contribution in [0.2, 0.25) is 0 Å². The highest BCUT2D eigenvalue weighted by molar-refractivity contribution is 5.92. The molecule has 0 bridgehead atoms. The third-order valence-electron chi connectivity index (χ3n) is 5.10. The smallest absolute Gasteiger partial charge is 0.251 e. The standard InChI is InChI=1S/C19H23N7O/c20-18(27)14-10-22-19(23-11-14)26-7-5-13(6-8-26)9-21-12-17-15-3-1-2-4-16(15)24-25-17/h1-4,10-11,13,21H,5-9,12H2,(H2,20,27)(H,24,25). The van der Waals surface area contributed by atoms with Crippen molar-refractivity contribution < 1.29 is 4.79 Å². The zero-order valence-corrected chi connectivity index (χ0v) is 15.1. The Kier molecular flexibility index (Phi) is 4.97. The lowest BCUT2D eigenvalue weighted by Gasteiger charge is -2.32. The van der Waals surface area contributed by atoms with Gasteiger partial charge in [0, 0.05) is 37.4 Å². The van der Waals surface area contributed by atoms with Crippen LogP contribution in [0.3, 0.4) is 0 Å². The number of rotatable bonds is 6. The minimum absolute atomic E-state index is 0.337. The molecule has 1 amide bonds. The molecule has 1 saturated heterocycles. The Labute approximate surface area is 157 Å². The quantitative estimate of drug-likeness (QED) is 0.609. The Bertz CT molecular complexity index is 913. The van der Waals surface area contributed by atoms with Crippen molar-refractivity contribution >= 4 is 22.8 Å². The molecular formula is C19H23N7O. The van der Waals surface area contributed by atoms with Gasteiger partial charge in [-0.3, -0.25) is 9.89 Å². The summed E-state index contributed by atoms with van der Waals surface area (Å²) in [5, 5.41) is 12.2. The summed E-state index contributed by atoms with van der Waals surface area (Å²) in [4.78, 5) is 21.8. The number of carbonyl (C=O) groups is 1. The molecule has 0 radical (unpaired) electrons. The van der Waals surface area contributed by atoms with Crippen molar-refractivity contribution in [3.63, 3.8) is 0 Å². The molecule has 3 aromatic rings. The van der Waals surface area contributed by atoms with Crippen LogP contribution in [0, 0.1) is 5.92 Å². The molecule has 1 aromatic carbocycles. The Balaban J connectivity index is 1.25. The molecule has 2 aromatic heterocycles. The van der Waals surface area contributed by atoms with Crippen LogP contribution in [-0.2, 0) is 6.54 Å². The molecule has 8 nitrogen and oxygen atoms in total. The van der Waals surface area contributed by atoms with Crippen molar-refractivity contribution in [2.75, 3.05) is 24.5 Å². The SMILES string of the molecule is NC(=O)c1cnc(N2CCC(CNCc3[nH]nc4ccccc34)CC2)nc1. The summed E-state index contributed by atoms with van der Waals surface area (Å²) >= 11 is 0. The van der Waals surface area contributed by atoms with Gasteiger partial charge in [0.2, 0.25) is 5.95 Å². The molecule has 1 fully saturated rings. The third-order valence-corrected chi connectivity index (χ3v) is 5.10. The van der Waals surface area contributed by atoms with Crippen LogP contribution in [0.1, 0.15) is 28.9 Å². The molecule has 4 rings (SSSR count). The van der Waals surface area contributed by atoms with Gasteiger partial charge in [-0.2, -0.15) is 5.10 Å². The van der Waals surface area contributed by atoms with Gasteiger partial charge in [0.1, 0.15) is 0 Å². The van der Waals surface area contributed by atoms with Gasteiger partial charge in [0.15, 0.2) is 0 Å². The lowest BCUT2D eigenvalue weighted by Crippen LogP contribution is -2.38. The molecule has 0 unspecified atom stereocenters. The molecule has 27 heavy (non-hydrogen) atoms. The van der Waals surface area contributed by atoms with Gasteiger partial charge in [-0.1, -0.05) is 18.2 Å². The van der Waals surface area contributed by atoms with Crippen LogP contribution in [0.15, 0.2) is 36.7 Å². The number of aromatic nitrogens is 4. The topological polar surface area (TPSA) is 113 Å². The van der Waals surface area contributed by atoms with E-state index in [1.165, 1.54) is 17.8 Å². The summed E-state index contributed by atoms with van der Waals surface area (Å²) in [6.45, 7) is 3.59. The molecule has 0 saturated carbocycles. The number of nitrogens with zero attached hydrogens (tertiary/aromatic N) is 4. The van der Waals surface area contributed by atoms with Crippen molar-refractivity contribution in [3.05, 3.63) is 47.9 Å². The first-order chi connectivity index (χ1) is 13.2. The van der Waals surface area contributed by atoms with E-state index in [1.54, 1.807) is 0 Å². The van der Waals surface area contributed by atoms with Crippen LogP contribution in [0.25, 0.3) is 10.9 Å². The first-order valence-electron chi connectivity index (χ1n) is 9.20. The van der Waals surface area contributed by atoms with E-state index >= 15 is 0 Å². The molecule has 1 aliphatic rings. The highest BCUT2D eigenvalue weighted by atomic mass is 16.1. The average molecular weight is 365 g/mol. The van der Waals surface area contributed by atoms with Crippen molar-refractivity contribution in [1.82, 2.24) is 25.5 Å². The van der Waals surface area contributed by atoms with E-state index in [0.29, 0.717) is 17.4 Å². The van der Waals surface area contributed by atoms with Crippen LogP contribution in [0.4, 0.5) is 5.95 Å². The Morgan fingerprint density at radius 1 is 1.22 bits per heavy atom. The predicted octanol–water partition coefficient (Wildman–Crippen LogP) is 1.46. The molecule has 8 heteroatoms. The molecule has 1 aliphatic heterocycles.